The molecule has 1 N–H and O–H groups in total. The van der Waals surface area contributed by atoms with Crippen LogP contribution in [0.4, 0.5) is 0 Å². The molecular weight excluding hydrogens is 400 g/mol. The Kier molecular flexibility index (Phi) is 7.45. The van der Waals surface area contributed by atoms with Crippen molar-refractivity contribution in [2.24, 2.45) is 5.10 Å². The van der Waals surface area contributed by atoms with Crippen molar-refractivity contribution in [3.05, 3.63) is 60.4 Å². The summed E-state index contributed by atoms with van der Waals surface area (Å²) in [5, 5.41) is 13.2. The van der Waals surface area contributed by atoms with E-state index in [1.807, 2.05) is 47.0 Å². The molecule has 0 aliphatic rings. The summed E-state index contributed by atoms with van der Waals surface area (Å²) in [6.07, 6.45) is 3.66. The number of hydrogen-bond acceptors (Lipinski definition) is 7. The first-order valence-corrected chi connectivity index (χ1v) is 10.3. The molecule has 30 heavy (non-hydrogen) atoms. The molecule has 3 rings (SSSR count). The summed E-state index contributed by atoms with van der Waals surface area (Å²) >= 11 is 1.28. The van der Waals surface area contributed by atoms with Crippen LogP contribution in [-0.2, 0) is 16.1 Å². The fourth-order valence-electron chi connectivity index (χ4n) is 2.73. The second-order valence-electron chi connectivity index (χ2n) is 6.67. The normalized spacial score (nSPS) is 11.3. The minimum absolute atomic E-state index is 0.00295. The van der Waals surface area contributed by atoms with Gasteiger partial charge in [0.1, 0.15) is 5.78 Å². The van der Waals surface area contributed by atoms with Crippen molar-refractivity contribution in [3.8, 4) is 11.4 Å². The van der Waals surface area contributed by atoms with Crippen LogP contribution in [0.1, 0.15) is 25.8 Å². The second-order valence-corrected chi connectivity index (χ2v) is 7.61. The van der Waals surface area contributed by atoms with Gasteiger partial charge in [0, 0.05) is 30.1 Å². The zero-order valence-corrected chi connectivity index (χ0v) is 17.6. The molecule has 154 valence electrons. The molecule has 2 heterocycles. The number of pyridine rings is 1. The van der Waals surface area contributed by atoms with Crippen molar-refractivity contribution < 1.29 is 9.59 Å². The number of nitrogens with zero attached hydrogens (tertiary/aromatic N) is 5. The molecule has 2 aromatic heterocycles. The topological polar surface area (TPSA) is 102 Å². The van der Waals surface area contributed by atoms with E-state index in [9.17, 15) is 9.59 Å². The minimum Gasteiger partial charge on any atom is -0.300 e. The van der Waals surface area contributed by atoms with Gasteiger partial charge in [-0.3, -0.25) is 19.1 Å². The summed E-state index contributed by atoms with van der Waals surface area (Å²) in [5.41, 5.74) is 4.98. The van der Waals surface area contributed by atoms with Gasteiger partial charge in [0.25, 0.3) is 5.91 Å². The van der Waals surface area contributed by atoms with Crippen molar-refractivity contribution in [1.29, 1.82) is 0 Å². The molecule has 8 nitrogen and oxygen atoms in total. The number of nitrogens with one attached hydrogen (secondary N) is 1. The van der Waals surface area contributed by atoms with E-state index in [2.05, 4.69) is 25.7 Å². The number of hydrogen-bond donors (Lipinski definition) is 1. The molecule has 0 fully saturated rings. The molecular formula is C21H22N6O2S. The Labute approximate surface area is 178 Å². The average molecular weight is 423 g/mol. The maximum absolute atomic E-state index is 12.2. The van der Waals surface area contributed by atoms with Gasteiger partial charge in [-0.05, 0) is 31.5 Å². The highest BCUT2D eigenvalue weighted by molar-refractivity contribution is 7.99. The van der Waals surface area contributed by atoms with Crippen molar-refractivity contribution in [2.75, 3.05) is 5.75 Å². The summed E-state index contributed by atoms with van der Waals surface area (Å²) in [6, 6.07) is 13.7. The van der Waals surface area contributed by atoms with Crippen LogP contribution in [0.3, 0.4) is 0 Å². The summed E-state index contributed by atoms with van der Waals surface area (Å²) in [6.45, 7) is 3.75. The number of carbonyl (C=O) groups is 2. The first-order chi connectivity index (χ1) is 14.5. The number of Topliss-reactive ketones (excluding diaryl/α,β-unsaturated/α-hetero) is 1. The lowest BCUT2D eigenvalue weighted by Crippen LogP contribution is -2.21. The molecule has 0 atom stereocenters. The van der Waals surface area contributed by atoms with Gasteiger partial charge in [-0.25, -0.2) is 5.43 Å². The highest BCUT2D eigenvalue weighted by Crippen LogP contribution is 2.24. The van der Waals surface area contributed by atoms with Crippen LogP contribution in [0, 0.1) is 0 Å². The molecule has 3 aromatic rings. The number of benzene rings is 1. The van der Waals surface area contributed by atoms with Crippen LogP contribution < -0.4 is 5.43 Å². The third-order valence-electron chi connectivity index (χ3n) is 4.03. The average Bonchev–Trinajstić information content (AvgIpc) is 3.14. The van der Waals surface area contributed by atoms with Crippen molar-refractivity contribution in [2.45, 2.75) is 32.0 Å². The summed E-state index contributed by atoms with van der Waals surface area (Å²) in [4.78, 5) is 27.4. The van der Waals surface area contributed by atoms with Crippen LogP contribution in [0.25, 0.3) is 11.4 Å². The van der Waals surface area contributed by atoms with Crippen LogP contribution in [0.5, 0.6) is 0 Å². The van der Waals surface area contributed by atoms with Gasteiger partial charge in [-0.15, -0.1) is 10.2 Å². The van der Waals surface area contributed by atoms with Crippen molar-refractivity contribution >= 4 is 29.2 Å². The van der Waals surface area contributed by atoms with E-state index in [0.717, 1.165) is 11.1 Å². The number of thioether (sulfide) groups is 1. The van der Waals surface area contributed by atoms with E-state index >= 15 is 0 Å². The van der Waals surface area contributed by atoms with Crippen LogP contribution in [0.2, 0.25) is 0 Å². The summed E-state index contributed by atoms with van der Waals surface area (Å²) in [5.74, 6) is 0.527. The van der Waals surface area contributed by atoms with Crippen molar-refractivity contribution in [1.82, 2.24) is 25.2 Å². The Morgan fingerprint density at radius 2 is 1.90 bits per heavy atom. The molecule has 0 radical (unpaired) electrons. The largest absolute Gasteiger partial charge is 0.300 e. The number of rotatable bonds is 9. The molecule has 0 unspecified atom stereocenters. The van der Waals surface area contributed by atoms with E-state index in [1.54, 1.807) is 19.3 Å². The molecule has 0 saturated carbocycles. The number of amides is 1. The van der Waals surface area contributed by atoms with Gasteiger partial charge >= 0.3 is 0 Å². The predicted octanol–water partition coefficient (Wildman–Crippen LogP) is 2.95. The third kappa shape index (κ3) is 6.08. The van der Waals surface area contributed by atoms with Gasteiger partial charge < -0.3 is 0 Å². The Hall–Kier alpha value is -3.33. The number of hydrazone groups is 1. The number of carbonyl (C=O) groups excluding carboxylic acids is 2. The fourth-order valence-corrected chi connectivity index (χ4v) is 3.46. The number of aromatic nitrogens is 4. The Morgan fingerprint density at radius 1 is 1.10 bits per heavy atom. The smallest absolute Gasteiger partial charge is 0.250 e. The first kappa shape index (κ1) is 21.4. The Balaban J connectivity index is 1.75. The van der Waals surface area contributed by atoms with Crippen molar-refractivity contribution in [3.63, 3.8) is 0 Å². The standard InChI is InChI=1S/C21H22N6O2S/c1-15(11-16(2)28)23-24-19(29)14-30-21-26-25-20(18-9-6-10-22-12-18)27(21)13-17-7-4-3-5-8-17/h3-10,12H,11,13-14H2,1-2H3,(H,24,29)/b23-15-. The van der Waals surface area contributed by atoms with Crippen LogP contribution in [0.15, 0.2) is 65.1 Å². The molecule has 1 aromatic carbocycles. The molecule has 0 saturated heterocycles. The summed E-state index contributed by atoms with van der Waals surface area (Å²) in [7, 11) is 0. The Bertz CT molecular complexity index is 1030. The molecule has 0 aliphatic carbocycles. The first-order valence-electron chi connectivity index (χ1n) is 9.34. The minimum atomic E-state index is -0.278. The SMILES string of the molecule is CC(=O)C/C(C)=N\NC(=O)CSc1nnc(-c2cccnc2)n1Cc1ccccc1. The predicted molar refractivity (Wildman–Crippen MR) is 116 cm³/mol. The molecule has 9 heteroatoms. The van der Waals surface area contributed by atoms with Gasteiger partial charge in [-0.1, -0.05) is 42.1 Å². The van der Waals surface area contributed by atoms with Gasteiger partial charge in [0.05, 0.1) is 12.3 Å². The molecule has 0 aliphatic heterocycles. The zero-order valence-electron chi connectivity index (χ0n) is 16.8. The van der Waals surface area contributed by atoms with Crippen LogP contribution in [-0.4, -0.2) is 42.9 Å². The molecule has 1 amide bonds. The Morgan fingerprint density at radius 3 is 2.60 bits per heavy atom. The number of ketones is 1. The third-order valence-corrected chi connectivity index (χ3v) is 5.00. The van der Waals surface area contributed by atoms with Gasteiger partial charge in [0.15, 0.2) is 11.0 Å². The lowest BCUT2D eigenvalue weighted by molar-refractivity contribution is -0.119. The summed E-state index contributed by atoms with van der Waals surface area (Å²) < 4.78 is 1.97. The zero-order chi connectivity index (χ0) is 21.3. The molecule has 0 spiro atoms. The highest BCUT2D eigenvalue weighted by Gasteiger charge is 2.16. The van der Waals surface area contributed by atoms with E-state index in [1.165, 1.54) is 18.7 Å². The fraction of sp³-hybridized carbons (Fsp3) is 0.238. The monoisotopic (exact) mass is 422 g/mol. The maximum Gasteiger partial charge on any atom is 0.250 e. The molecule has 0 bridgehead atoms. The second kappa shape index (κ2) is 10.4. The van der Waals surface area contributed by atoms with E-state index in [-0.39, 0.29) is 23.9 Å². The van der Waals surface area contributed by atoms with E-state index < -0.39 is 0 Å². The van der Waals surface area contributed by atoms with Gasteiger partial charge in [0.2, 0.25) is 0 Å². The van der Waals surface area contributed by atoms with E-state index in [4.69, 9.17) is 0 Å². The lowest BCUT2D eigenvalue weighted by atomic mass is 10.2. The quantitative estimate of drug-likeness (QED) is 0.323. The highest BCUT2D eigenvalue weighted by atomic mass is 32.2. The maximum atomic E-state index is 12.2. The lowest BCUT2D eigenvalue weighted by Gasteiger charge is -2.10. The van der Waals surface area contributed by atoms with Crippen LogP contribution >= 0.6 is 11.8 Å². The van der Waals surface area contributed by atoms with Gasteiger partial charge in [-0.2, -0.15) is 5.10 Å². The van der Waals surface area contributed by atoms with E-state index in [0.29, 0.717) is 23.2 Å².